The predicted octanol–water partition coefficient (Wildman–Crippen LogP) is 3.35. The molecule has 4 nitrogen and oxygen atoms in total. The lowest BCUT2D eigenvalue weighted by Gasteiger charge is -2.35. The molecule has 25 heavy (non-hydrogen) atoms. The number of aliphatic hydroxyl groups is 1. The van der Waals surface area contributed by atoms with Crippen LogP contribution in [0.1, 0.15) is 28.9 Å². The summed E-state index contributed by atoms with van der Waals surface area (Å²) < 4.78 is 1.66. The lowest BCUT2D eigenvalue weighted by Crippen LogP contribution is -2.46. The molecule has 3 rings (SSSR count). The molecule has 0 aliphatic carbocycles. The van der Waals surface area contributed by atoms with Crippen molar-refractivity contribution in [3.8, 4) is 11.8 Å². The summed E-state index contributed by atoms with van der Waals surface area (Å²) >= 11 is 11.9. The van der Waals surface area contributed by atoms with Crippen molar-refractivity contribution in [1.29, 1.82) is 0 Å². The van der Waals surface area contributed by atoms with Gasteiger partial charge in [-0.2, -0.15) is 0 Å². The van der Waals surface area contributed by atoms with Gasteiger partial charge in [-0.3, -0.25) is 4.79 Å². The van der Waals surface area contributed by atoms with Gasteiger partial charge in [0.15, 0.2) is 0 Å². The first-order valence-corrected chi connectivity index (χ1v) is 8.75. The maximum Gasteiger partial charge on any atom is 0.270 e. The Bertz CT molecular complexity index is 856. The summed E-state index contributed by atoms with van der Waals surface area (Å²) in [5, 5.41) is 11.8. The van der Waals surface area contributed by atoms with Gasteiger partial charge in [0.2, 0.25) is 0 Å². The molecular formula is C19H18Cl2N2O2. The van der Waals surface area contributed by atoms with Crippen LogP contribution in [-0.2, 0) is 7.05 Å². The largest absolute Gasteiger partial charge is 0.377 e. The minimum Gasteiger partial charge on any atom is -0.377 e. The van der Waals surface area contributed by atoms with E-state index in [1.165, 1.54) is 0 Å². The predicted molar refractivity (Wildman–Crippen MR) is 98.8 cm³/mol. The smallest absolute Gasteiger partial charge is 0.270 e. The van der Waals surface area contributed by atoms with Crippen LogP contribution in [0.4, 0.5) is 0 Å². The van der Waals surface area contributed by atoms with E-state index in [-0.39, 0.29) is 5.91 Å². The van der Waals surface area contributed by atoms with E-state index in [9.17, 15) is 9.90 Å². The van der Waals surface area contributed by atoms with Gasteiger partial charge < -0.3 is 14.6 Å². The van der Waals surface area contributed by atoms with Gasteiger partial charge in [0.05, 0.1) is 0 Å². The van der Waals surface area contributed by atoms with Gasteiger partial charge in [0.1, 0.15) is 16.4 Å². The summed E-state index contributed by atoms with van der Waals surface area (Å²) in [5.41, 5.74) is 0.212. The number of carbonyl (C=O) groups is 1. The maximum absolute atomic E-state index is 12.6. The molecule has 6 heteroatoms. The van der Waals surface area contributed by atoms with Gasteiger partial charge in [0, 0.05) is 43.6 Å². The second-order valence-electron chi connectivity index (χ2n) is 6.18. The maximum atomic E-state index is 12.6. The number of aromatic nitrogens is 1. The summed E-state index contributed by atoms with van der Waals surface area (Å²) in [7, 11) is 1.76. The fourth-order valence-corrected chi connectivity index (χ4v) is 3.17. The number of hydrogen-bond donors (Lipinski definition) is 1. The average molecular weight is 377 g/mol. The molecule has 2 aromatic rings. The number of halogens is 2. The highest BCUT2D eigenvalue weighted by molar-refractivity contribution is 6.30. The Hall–Kier alpha value is -1.93. The number of benzene rings is 1. The van der Waals surface area contributed by atoms with Gasteiger partial charge in [-0.1, -0.05) is 41.1 Å². The molecule has 2 heterocycles. The summed E-state index contributed by atoms with van der Waals surface area (Å²) in [6.07, 6.45) is 0.814. The molecule has 0 saturated carbocycles. The van der Waals surface area contributed by atoms with E-state index in [1.807, 2.05) is 12.1 Å². The van der Waals surface area contributed by atoms with Crippen molar-refractivity contribution in [2.75, 3.05) is 13.1 Å². The Morgan fingerprint density at radius 1 is 1.20 bits per heavy atom. The first-order chi connectivity index (χ1) is 11.9. The number of nitrogens with zero attached hydrogens (tertiary/aromatic N) is 2. The van der Waals surface area contributed by atoms with Gasteiger partial charge in [-0.25, -0.2) is 0 Å². The molecule has 1 saturated heterocycles. The molecule has 0 radical (unpaired) electrons. The highest BCUT2D eigenvalue weighted by Crippen LogP contribution is 2.24. The van der Waals surface area contributed by atoms with Crippen LogP contribution in [0.3, 0.4) is 0 Å². The first kappa shape index (κ1) is 17.9. The normalized spacial score (nSPS) is 16.2. The van der Waals surface area contributed by atoms with Crippen LogP contribution in [0.5, 0.6) is 0 Å². The van der Waals surface area contributed by atoms with Crippen molar-refractivity contribution in [2.45, 2.75) is 18.4 Å². The van der Waals surface area contributed by atoms with Gasteiger partial charge in [-0.05, 0) is 30.3 Å². The van der Waals surface area contributed by atoms with Crippen molar-refractivity contribution >= 4 is 29.1 Å². The van der Waals surface area contributed by atoms with E-state index < -0.39 is 5.60 Å². The average Bonchev–Trinajstić information content (AvgIpc) is 2.93. The van der Waals surface area contributed by atoms with Crippen molar-refractivity contribution in [3.05, 3.63) is 57.8 Å². The number of rotatable bonds is 1. The Morgan fingerprint density at radius 2 is 1.92 bits per heavy atom. The summed E-state index contributed by atoms with van der Waals surface area (Å²) in [5.74, 6) is 5.83. The van der Waals surface area contributed by atoms with Crippen LogP contribution in [0, 0.1) is 11.8 Å². The zero-order valence-electron chi connectivity index (χ0n) is 13.8. The Balaban J connectivity index is 1.67. The molecule has 1 fully saturated rings. The zero-order valence-corrected chi connectivity index (χ0v) is 15.3. The SMILES string of the molecule is Cn1c(Cl)ccc1C(=O)N1CCC(O)(C#Cc2cccc(Cl)c2)CC1. The monoisotopic (exact) mass is 376 g/mol. The lowest BCUT2D eigenvalue weighted by atomic mass is 9.91. The first-order valence-electron chi connectivity index (χ1n) is 8.00. The Labute approximate surface area is 157 Å². The van der Waals surface area contributed by atoms with Crippen molar-refractivity contribution in [3.63, 3.8) is 0 Å². The molecule has 1 aromatic heterocycles. The fourth-order valence-electron chi connectivity index (χ4n) is 2.82. The third-order valence-corrected chi connectivity index (χ3v) is 5.04. The van der Waals surface area contributed by atoms with Crippen LogP contribution in [0.15, 0.2) is 36.4 Å². The standard InChI is InChI=1S/C19H18Cl2N2O2/c1-22-16(5-6-17(22)21)18(24)23-11-9-19(25,10-12-23)8-7-14-3-2-4-15(20)13-14/h2-6,13,25H,9-12H2,1H3. The Kier molecular flexibility index (Phi) is 5.10. The molecule has 1 amide bonds. The number of piperidine rings is 1. The molecule has 0 atom stereocenters. The van der Waals surface area contributed by atoms with E-state index in [2.05, 4.69) is 11.8 Å². The topological polar surface area (TPSA) is 45.5 Å². The molecular weight excluding hydrogens is 359 g/mol. The molecule has 0 unspecified atom stereocenters. The molecule has 130 valence electrons. The van der Waals surface area contributed by atoms with Crippen LogP contribution < -0.4 is 0 Å². The molecule has 1 aliphatic heterocycles. The zero-order chi connectivity index (χ0) is 18.0. The number of carbonyl (C=O) groups excluding carboxylic acids is 1. The molecule has 0 spiro atoms. The van der Waals surface area contributed by atoms with E-state index in [0.29, 0.717) is 41.8 Å². The lowest BCUT2D eigenvalue weighted by molar-refractivity contribution is 0.0244. The minimum atomic E-state index is -1.09. The summed E-state index contributed by atoms with van der Waals surface area (Å²) in [4.78, 5) is 14.3. The third kappa shape index (κ3) is 4.01. The molecule has 0 bridgehead atoms. The van der Waals surface area contributed by atoms with E-state index in [4.69, 9.17) is 23.2 Å². The summed E-state index contributed by atoms with van der Waals surface area (Å²) in [6, 6.07) is 10.6. The fraction of sp³-hybridized carbons (Fsp3) is 0.316. The van der Waals surface area contributed by atoms with Crippen LogP contribution in [0.2, 0.25) is 10.2 Å². The van der Waals surface area contributed by atoms with Crippen molar-refractivity contribution in [2.24, 2.45) is 7.05 Å². The van der Waals surface area contributed by atoms with Gasteiger partial charge in [0.25, 0.3) is 5.91 Å². The van der Waals surface area contributed by atoms with E-state index in [0.717, 1.165) is 5.56 Å². The number of likely N-dealkylation sites (tertiary alicyclic amines) is 1. The molecule has 1 N–H and O–H groups in total. The second kappa shape index (κ2) is 7.13. The molecule has 1 aliphatic rings. The van der Waals surface area contributed by atoms with Crippen LogP contribution >= 0.6 is 23.2 Å². The third-order valence-electron chi connectivity index (χ3n) is 4.42. The number of hydrogen-bond acceptors (Lipinski definition) is 2. The van der Waals surface area contributed by atoms with Gasteiger partial charge >= 0.3 is 0 Å². The van der Waals surface area contributed by atoms with Crippen molar-refractivity contribution in [1.82, 2.24) is 9.47 Å². The highest BCUT2D eigenvalue weighted by atomic mass is 35.5. The van der Waals surface area contributed by atoms with Crippen molar-refractivity contribution < 1.29 is 9.90 Å². The van der Waals surface area contributed by atoms with Crippen LogP contribution in [-0.4, -0.2) is 39.2 Å². The quantitative estimate of drug-likeness (QED) is 0.775. The Morgan fingerprint density at radius 3 is 2.52 bits per heavy atom. The molecule has 1 aromatic carbocycles. The van der Waals surface area contributed by atoms with E-state index in [1.54, 1.807) is 40.8 Å². The highest BCUT2D eigenvalue weighted by Gasteiger charge is 2.33. The van der Waals surface area contributed by atoms with E-state index >= 15 is 0 Å². The second-order valence-corrected chi connectivity index (χ2v) is 7.01. The van der Waals surface area contributed by atoms with Crippen LogP contribution in [0.25, 0.3) is 0 Å². The number of amides is 1. The van der Waals surface area contributed by atoms with Gasteiger partial charge in [-0.15, -0.1) is 0 Å². The minimum absolute atomic E-state index is 0.0840. The summed E-state index contributed by atoms with van der Waals surface area (Å²) in [6.45, 7) is 0.894.